The van der Waals surface area contributed by atoms with Gasteiger partial charge in [-0.3, -0.25) is 4.99 Å². The van der Waals surface area contributed by atoms with Gasteiger partial charge >= 0.3 is 0 Å². The van der Waals surface area contributed by atoms with Crippen LogP contribution in [0.15, 0.2) is 29.3 Å². The van der Waals surface area contributed by atoms with E-state index < -0.39 is 0 Å². The van der Waals surface area contributed by atoms with E-state index in [1.54, 1.807) is 7.05 Å². The number of nitrogens with two attached hydrogens (primary N) is 1. The Morgan fingerprint density at radius 1 is 1.54 bits per heavy atom. The van der Waals surface area contributed by atoms with E-state index in [4.69, 9.17) is 5.73 Å². The van der Waals surface area contributed by atoms with Crippen LogP contribution in [0.1, 0.15) is 20.3 Å². The summed E-state index contributed by atoms with van der Waals surface area (Å²) in [6.07, 6.45) is 9.07. The molecule has 0 amide bonds. The molecular weight excluding hydrogens is 162 g/mol. The van der Waals surface area contributed by atoms with E-state index in [2.05, 4.69) is 23.3 Å². The van der Waals surface area contributed by atoms with Crippen molar-refractivity contribution in [1.29, 1.82) is 0 Å². The zero-order valence-corrected chi connectivity index (χ0v) is 8.62. The van der Waals surface area contributed by atoms with Crippen LogP contribution < -0.4 is 11.1 Å². The van der Waals surface area contributed by atoms with Crippen LogP contribution in [-0.4, -0.2) is 19.0 Å². The van der Waals surface area contributed by atoms with Gasteiger partial charge in [-0.15, -0.1) is 0 Å². The number of hydrogen-bond acceptors (Lipinski definition) is 1. The first-order chi connectivity index (χ1) is 6.20. The summed E-state index contributed by atoms with van der Waals surface area (Å²) in [7, 11) is 1.67. The van der Waals surface area contributed by atoms with Gasteiger partial charge in [0.05, 0.1) is 0 Å². The summed E-state index contributed by atoms with van der Waals surface area (Å²) in [6.45, 7) is 4.06. The van der Waals surface area contributed by atoms with Crippen LogP contribution >= 0.6 is 0 Å². The summed E-state index contributed by atoms with van der Waals surface area (Å²) in [5, 5.41) is 3.06. The van der Waals surface area contributed by atoms with E-state index in [1.165, 1.54) is 0 Å². The highest BCUT2D eigenvalue weighted by Gasteiger charge is 1.97. The molecule has 0 rings (SSSR count). The van der Waals surface area contributed by atoms with Crippen molar-refractivity contribution in [3.8, 4) is 0 Å². The minimum Gasteiger partial charge on any atom is -0.370 e. The summed E-state index contributed by atoms with van der Waals surface area (Å²) in [5.41, 5.74) is 5.51. The number of hydrogen-bond donors (Lipinski definition) is 2. The molecular formula is C10H19N3. The molecule has 0 bridgehead atoms. The molecule has 0 saturated carbocycles. The van der Waals surface area contributed by atoms with Crippen LogP contribution in [0.3, 0.4) is 0 Å². The molecule has 3 heteroatoms. The van der Waals surface area contributed by atoms with Gasteiger partial charge in [-0.2, -0.15) is 0 Å². The van der Waals surface area contributed by atoms with Crippen LogP contribution in [0.4, 0.5) is 0 Å². The molecule has 0 saturated heterocycles. The molecule has 0 aromatic rings. The molecule has 0 unspecified atom stereocenters. The summed E-state index contributed by atoms with van der Waals surface area (Å²) in [6, 6.07) is 0.324. The lowest BCUT2D eigenvalue weighted by Gasteiger charge is -2.11. The van der Waals surface area contributed by atoms with E-state index in [-0.39, 0.29) is 0 Å². The van der Waals surface area contributed by atoms with Crippen LogP contribution in [0.25, 0.3) is 0 Å². The topological polar surface area (TPSA) is 50.4 Å². The molecule has 0 aliphatic heterocycles. The Morgan fingerprint density at radius 3 is 2.77 bits per heavy atom. The van der Waals surface area contributed by atoms with Crippen LogP contribution in [0, 0.1) is 0 Å². The second-order valence-electron chi connectivity index (χ2n) is 2.84. The van der Waals surface area contributed by atoms with Crippen molar-refractivity contribution in [3.63, 3.8) is 0 Å². The highest BCUT2D eigenvalue weighted by molar-refractivity contribution is 5.77. The summed E-state index contributed by atoms with van der Waals surface area (Å²) in [4.78, 5) is 3.82. The monoisotopic (exact) mass is 181 g/mol. The summed E-state index contributed by atoms with van der Waals surface area (Å²) < 4.78 is 0. The molecule has 1 atom stereocenters. The normalized spacial score (nSPS) is 15.5. The van der Waals surface area contributed by atoms with E-state index in [1.807, 2.05) is 25.2 Å². The Kier molecular flexibility index (Phi) is 6.69. The Labute approximate surface area is 80.4 Å². The number of allylic oxidation sites excluding steroid dienone is 3. The van der Waals surface area contributed by atoms with Crippen molar-refractivity contribution < 1.29 is 0 Å². The lowest BCUT2D eigenvalue weighted by Crippen LogP contribution is -2.37. The molecule has 3 N–H and O–H groups in total. The maximum atomic E-state index is 5.51. The molecule has 0 radical (unpaired) electrons. The van der Waals surface area contributed by atoms with Crippen molar-refractivity contribution in [2.45, 2.75) is 26.3 Å². The standard InChI is InChI=1S/C10H19N3/c1-4-5-6-7-8-9(2)13-10(11)12-3/h4-7,9H,8H2,1-3H3,(H3,11,12,13)/b5-4-,7-6-/t9-/m0/s1. The Morgan fingerprint density at radius 2 is 2.23 bits per heavy atom. The number of guanidine groups is 1. The quantitative estimate of drug-likeness (QED) is 0.391. The van der Waals surface area contributed by atoms with Crippen molar-refractivity contribution in [1.82, 2.24) is 5.32 Å². The SMILES string of the molecule is C/C=C\C=C/C[C@H](C)NC(N)=NC. The second-order valence-corrected chi connectivity index (χ2v) is 2.84. The molecule has 0 spiro atoms. The summed E-state index contributed by atoms with van der Waals surface area (Å²) >= 11 is 0. The molecule has 0 heterocycles. The van der Waals surface area contributed by atoms with Crippen molar-refractivity contribution in [3.05, 3.63) is 24.3 Å². The smallest absolute Gasteiger partial charge is 0.188 e. The molecule has 0 aliphatic carbocycles. The lowest BCUT2D eigenvalue weighted by atomic mass is 10.2. The van der Waals surface area contributed by atoms with E-state index >= 15 is 0 Å². The molecule has 0 fully saturated rings. The van der Waals surface area contributed by atoms with E-state index in [9.17, 15) is 0 Å². The number of rotatable bonds is 4. The van der Waals surface area contributed by atoms with E-state index in [0.29, 0.717) is 12.0 Å². The maximum absolute atomic E-state index is 5.51. The predicted molar refractivity (Wildman–Crippen MR) is 58.7 cm³/mol. The van der Waals surface area contributed by atoms with Crippen molar-refractivity contribution in [2.24, 2.45) is 10.7 Å². The second kappa shape index (κ2) is 7.40. The van der Waals surface area contributed by atoms with Crippen LogP contribution in [0.5, 0.6) is 0 Å². The fraction of sp³-hybridized carbons (Fsp3) is 0.500. The first-order valence-electron chi connectivity index (χ1n) is 4.47. The van der Waals surface area contributed by atoms with Crippen LogP contribution in [-0.2, 0) is 0 Å². The zero-order chi connectivity index (χ0) is 10.1. The third-order valence-corrected chi connectivity index (χ3v) is 1.56. The lowest BCUT2D eigenvalue weighted by molar-refractivity contribution is 0.670. The molecule has 13 heavy (non-hydrogen) atoms. The molecule has 3 nitrogen and oxygen atoms in total. The van der Waals surface area contributed by atoms with Crippen molar-refractivity contribution in [2.75, 3.05) is 7.05 Å². The minimum atomic E-state index is 0.324. The molecule has 0 aromatic heterocycles. The predicted octanol–water partition coefficient (Wildman–Crippen LogP) is 1.43. The molecule has 74 valence electrons. The zero-order valence-electron chi connectivity index (χ0n) is 8.62. The average Bonchev–Trinajstić information content (AvgIpc) is 2.12. The van der Waals surface area contributed by atoms with Crippen molar-refractivity contribution >= 4 is 5.96 Å². The van der Waals surface area contributed by atoms with Gasteiger partial charge in [-0.1, -0.05) is 24.3 Å². The van der Waals surface area contributed by atoms with Gasteiger partial charge in [0.25, 0.3) is 0 Å². The Bertz CT molecular complexity index is 204. The first kappa shape index (κ1) is 11.8. The third kappa shape index (κ3) is 7.12. The van der Waals surface area contributed by atoms with Gasteiger partial charge in [0.15, 0.2) is 5.96 Å². The number of aliphatic imine (C=N–C) groups is 1. The maximum Gasteiger partial charge on any atom is 0.188 e. The van der Waals surface area contributed by atoms with Gasteiger partial charge < -0.3 is 11.1 Å². The van der Waals surface area contributed by atoms with Gasteiger partial charge in [0.1, 0.15) is 0 Å². The van der Waals surface area contributed by atoms with Gasteiger partial charge in [-0.25, -0.2) is 0 Å². The van der Waals surface area contributed by atoms with Gasteiger partial charge in [0.2, 0.25) is 0 Å². The average molecular weight is 181 g/mol. The van der Waals surface area contributed by atoms with Gasteiger partial charge in [-0.05, 0) is 20.3 Å². The molecule has 0 aromatic carbocycles. The number of nitrogens with zero attached hydrogens (tertiary/aromatic N) is 1. The highest BCUT2D eigenvalue weighted by Crippen LogP contribution is 1.92. The third-order valence-electron chi connectivity index (χ3n) is 1.56. The minimum absolute atomic E-state index is 0.324. The highest BCUT2D eigenvalue weighted by atomic mass is 15.1. The van der Waals surface area contributed by atoms with Gasteiger partial charge in [0, 0.05) is 13.1 Å². The first-order valence-corrected chi connectivity index (χ1v) is 4.47. The fourth-order valence-electron chi connectivity index (χ4n) is 0.848. The Hall–Kier alpha value is -1.25. The van der Waals surface area contributed by atoms with E-state index in [0.717, 1.165) is 6.42 Å². The largest absolute Gasteiger partial charge is 0.370 e. The number of nitrogens with one attached hydrogen (secondary N) is 1. The molecule has 0 aliphatic rings. The fourth-order valence-corrected chi connectivity index (χ4v) is 0.848. The van der Waals surface area contributed by atoms with Crippen LogP contribution in [0.2, 0.25) is 0 Å². The summed E-state index contributed by atoms with van der Waals surface area (Å²) in [5.74, 6) is 0.493. The Balaban J connectivity index is 3.68.